The third-order valence-electron chi connectivity index (χ3n) is 3.80. The summed E-state index contributed by atoms with van der Waals surface area (Å²) < 4.78 is 4.87. The van der Waals surface area contributed by atoms with Crippen molar-refractivity contribution in [1.29, 1.82) is 0 Å². The summed E-state index contributed by atoms with van der Waals surface area (Å²) in [6.45, 7) is 6.55. The summed E-state index contributed by atoms with van der Waals surface area (Å²) in [6, 6.07) is 0. The molecule has 98 valence electrons. The van der Waals surface area contributed by atoms with Gasteiger partial charge in [0.2, 0.25) is 0 Å². The van der Waals surface area contributed by atoms with E-state index in [0.29, 0.717) is 0 Å². The number of carbonyl (C=O) groups is 1. The van der Waals surface area contributed by atoms with Crippen molar-refractivity contribution in [1.82, 2.24) is 0 Å². The van der Waals surface area contributed by atoms with E-state index in [1.54, 1.807) is 0 Å². The Bertz CT molecular complexity index is 291. The fraction of sp³-hybridized carbons (Fsp3) is 0.800. The van der Waals surface area contributed by atoms with Gasteiger partial charge in [-0.3, -0.25) is 4.79 Å². The van der Waals surface area contributed by atoms with E-state index < -0.39 is 0 Å². The Balaban J connectivity index is 2.41. The summed E-state index contributed by atoms with van der Waals surface area (Å²) in [6.07, 6.45) is 8.88. The van der Waals surface area contributed by atoms with Crippen molar-refractivity contribution in [3.8, 4) is 0 Å². The fourth-order valence-corrected chi connectivity index (χ4v) is 2.41. The van der Waals surface area contributed by atoms with Crippen LogP contribution in [0.15, 0.2) is 11.6 Å². The van der Waals surface area contributed by atoms with Crippen molar-refractivity contribution in [3.63, 3.8) is 0 Å². The van der Waals surface area contributed by atoms with Crippen molar-refractivity contribution in [2.24, 2.45) is 11.3 Å². The second-order valence-electron chi connectivity index (χ2n) is 5.90. The predicted octanol–water partition coefficient (Wildman–Crippen LogP) is 4.10. The first-order valence-electron chi connectivity index (χ1n) is 6.74. The second-order valence-corrected chi connectivity index (χ2v) is 5.90. The van der Waals surface area contributed by atoms with E-state index in [1.165, 1.54) is 31.9 Å². The molecular formula is C15H26O2. The van der Waals surface area contributed by atoms with Crippen LogP contribution >= 0.6 is 0 Å². The first kappa shape index (κ1) is 14.3. The number of rotatable bonds is 5. The quantitative estimate of drug-likeness (QED) is 0.532. The van der Waals surface area contributed by atoms with Crippen molar-refractivity contribution in [2.75, 3.05) is 7.11 Å². The standard InChI is InChI=1S/C15H26O2/c1-12(2)6-5-7-13-8-10-15(3,11-9-13)14(16)17-4/h8,12H,5-7,9-11H2,1-4H3. The van der Waals surface area contributed by atoms with Crippen LogP contribution in [0, 0.1) is 11.3 Å². The topological polar surface area (TPSA) is 26.3 Å². The molecule has 2 nitrogen and oxygen atoms in total. The minimum absolute atomic E-state index is 0.0602. The number of ether oxygens (including phenoxy) is 1. The van der Waals surface area contributed by atoms with Gasteiger partial charge in [0.25, 0.3) is 0 Å². The number of carbonyl (C=O) groups excluding carboxylic acids is 1. The van der Waals surface area contributed by atoms with Crippen LogP contribution in [0.2, 0.25) is 0 Å². The summed E-state index contributed by atoms with van der Waals surface area (Å²) in [7, 11) is 1.48. The first-order valence-corrected chi connectivity index (χ1v) is 6.74. The minimum Gasteiger partial charge on any atom is -0.469 e. The van der Waals surface area contributed by atoms with Gasteiger partial charge in [-0.25, -0.2) is 0 Å². The van der Waals surface area contributed by atoms with Crippen LogP contribution in [-0.2, 0) is 9.53 Å². The van der Waals surface area contributed by atoms with Crippen LogP contribution < -0.4 is 0 Å². The summed E-state index contributed by atoms with van der Waals surface area (Å²) in [5.41, 5.74) is 1.25. The average Bonchev–Trinajstić information content (AvgIpc) is 2.30. The fourth-order valence-electron chi connectivity index (χ4n) is 2.41. The number of methoxy groups -OCH3 is 1. The molecule has 1 aliphatic carbocycles. The Labute approximate surface area is 105 Å². The molecule has 1 unspecified atom stereocenters. The van der Waals surface area contributed by atoms with Crippen LogP contribution in [0.3, 0.4) is 0 Å². The van der Waals surface area contributed by atoms with Gasteiger partial charge >= 0.3 is 5.97 Å². The lowest BCUT2D eigenvalue weighted by atomic mass is 9.76. The maximum absolute atomic E-state index is 11.6. The van der Waals surface area contributed by atoms with Crippen molar-refractivity contribution in [2.45, 2.75) is 59.3 Å². The van der Waals surface area contributed by atoms with Gasteiger partial charge in [0.15, 0.2) is 0 Å². The monoisotopic (exact) mass is 238 g/mol. The highest BCUT2D eigenvalue weighted by atomic mass is 16.5. The van der Waals surface area contributed by atoms with Gasteiger partial charge in [0.05, 0.1) is 12.5 Å². The third kappa shape index (κ3) is 4.18. The Morgan fingerprint density at radius 2 is 2.24 bits per heavy atom. The van der Waals surface area contributed by atoms with Gasteiger partial charge in [-0.1, -0.05) is 31.9 Å². The van der Waals surface area contributed by atoms with Crippen LogP contribution in [0.5, 0.6) is 0 Å². The van der Waals surface area contributed by atoms with E-state index in [0.717, 1.165) is 25.2 Å². The van der Waals surface area contributed by atoms with E-state index in [4.69, 9.17) is 4.74 Å². The molecule has 0 amide bonds. The molecule has 0 bridgehead atoms. The van der Waals surface area contributed by atoms with Gasteiger partial charge < -0.3 is 4.74 Å². The molecule has 0 N–H and O–H groups in total. The zero-order chi connectivity index (χ0) is 12.9. The molecule has 0 radical (unpaired) electrons. The molecule has 0 aromatic carbocycles. The van der Waals surface area contributed by atoms with Crippen LogP contribution in [0.25, 0.3) is 0 Å². The summed E-state index contributed by atoms with van der Waals surface area (Å²) in [4.78, 5) is 11.6. The molecule has 0 saturated carbocycles. The molecule has 0 aliphatic heterocycles. The molecule has 0 fully saturated rings. The number of hydrogen-bond donors (Lipinski definition) is 0. The van der Waals surface area contributed by atoms with Gasteiger partial charge in [0.1, 0.15) is 0 Å². The Morgan fingerprint density at radius 3 is 2.71 bits per heavy atom. The molecule has 0 heterocycles. The van der Waals surface area contributed by atoms with E-state index in [1.807, 2.05) is 6.92 Å². The molecule has 2 heteroatoms. The minimum atomic E-state index is -0.281. The largest absolute Gasteiger partial charge is 0.469 e. The van der Waals surface area contributed by atoms with Crippen LogP contribution in [-0.4, -0.2) is 13.1 Å². The smallest absolute Gasteiger partial charge is 0.311 e. The van der Waals surface area contributed by atoms with E-state index in [-0.39, 0.29) is 11.4 Å². The summed E-state index contributed by atoms with van der Waals surface area (Å²) >= 11 is 0. The Kier molecular flexibility index (Phi) is 5.23. The van der Waals surface area contributed by atoms with E-state index in [2.05, 4.69) is 19.9 Å². The van der Waals surface area contributed by atoms with Gasteiger partial charge in [-0.05, 0) is 44.9 Å². The first-order chi connectivity index (χ1) is 7.98. The molecule has 1 aliphatic rings. The summed E-state index contributed by atoms with van der Waals surface area (Å²) in [5, 5.41) is 0. The highest BCUT2D eigenvalue weighted by Crippen LogP contribution is 2.37. The Morgan fingerprint density at radius 1 is 1.53 bits per heavy atom. The molecule has 0 saturated heterocycles. The van der Waals surface area contributed by atoms with E-state index in [9.17, 15) is 4.79 Å². The van der Waals surface area contributed by atoms with Crippen LogP contribution in [0.4, 0.5) is 0 Å². The van der Waals surface area contributed by atoms with Gasteiger partial charge in [0, 0.05) is 0 Å². The number of esters is 1. The molecule has 0 spiro atoms. The third-order valence-corrected chi connectivity index (χ3v) is 3.80. The van der Waals surface area contributed by atoms with E-state index >= 15 is 0 Å². The Hall–Kier alpha value is -0.790. The molecule has 0 aromatic heterocycles. The lowest BCUT2D eigenvalue weighted by molar-refractivity contribution is -0.152. The lowest BCUT2D eigenvalue weighted by Crippen LogP contribution is -2.30. The second kappa shape index (κ2) is 6.23. The summed E-state index contributed by atoms with van der Waals surface area (Å²) in [5.74, 6) is 0.731. The zero-order valence-electron chi connectivity index (χ0n) is 11.7. The lowest BCUT2D eigenvalue weighted by Gasteiger charge is -2.30. The predicted molar refractivity (Wildman–Crippen MR) is 70.7 cm³/mol. The maximum Gasteiger partial charge on any atom is 0.311 e. The molecular weight excluding hydrogens is 212 g/mol. The number of allylic oxidation sites excluding steroid dienone is 2. The maximum atomic E-state index is 11.6. The highest BCUT2D eigenvalue weighted by Gasteiger charge is 2.35. The van der Waals surface area contributed by atoms with Gasteiger partial charge in [-0.2, -0.15) is 0 Å². The highest BCUT2D eigenvalue weighted by molar-refractivity contribution is 5.76. The zero-order valence-corrected chi connectivity index (χ0v) is 11.7. The molecule has 1 rings (SSSR count). The molecule has 0 aromatic rings. The van der Waals surface area contributed by atoms with Crippen LogP contribution in [0.1, 0.15) is 59.3 Å². The van der Waals surface area contributed by atoms with Crippen molar-refractivity contribution >= 4 is 5.97 Å². The normalized spacial score (nSPS) is 24.6. The average molecular weight is 238 g/mol. The number of hydrogen-bond acceptors (Lipinski definition) is 2. The molecule has 17 heavy (non-hydrogen) atoms. The van der Waals surface area contributed by atoms with Crippen molar-refractivity contribution < 1.29 is 9.53 Å². The van der Waals surface area contributed by atoms with Crippen molar-refractivity contribution in [3.05, 3.63) is 11.6 Å². The molecule has 1 atom stereocenters. The van der Waals surface area contributed by atoms with Gasteiger partial charge in [-0.15, -0.1) is 0 Å². The SMILES string of the molecule is COC(=O)C1(C)CC=C(CCCC(C)C)CC1.